The van der Waals surface area contributed by atoms with E-state index in [2.05, 4.69) is 34.2 Å². The normalized spacial score (nSPS) is 17.1. The van der Waals surface area contributed by atoms with Crippen LogP contribution in [0.4, 0.5) is 0 Å². The minimum atomic E-state index is 0. The third-order valence-corrected chi connectivity index (χ3v) is 5.28. The lowest BCUT2D eigenvalue weighted by atomic mass is 10.1. The number of guanidine groups is 1. The van der Waals surface area contributed by atoms with Gasteiger partial charge in [-0.25, -0.2) is 0 Å². The topological polar surface area (TPSA) is 53.7 Å². The molecule has 1 aliphatic rings. The summed E-state index contributed by atoms with van der Waals surface area (Å²) >= 11 is 2.02. The summed E-state index contributed by atoms with van der Waals surface area (Å²) in [5.74, 6) is 2.83. The minimum Gasteiger partial charge on any atom is -0.356 e. The molecule has 0 aliphatic carbocycles. The Labute approximate surface area is 170 Å². The van der Waals surface area contributed by atoms with Crippen molar-refractivity contribution in [1.82, 2.24) is 15.4 Å². The summed E-state index contributed by atoms with van der Waals surface area (Å²) in [5, 5.41) is 7.56. The molecule has 25 heavy (non-hydrogen) atoms. The fourth-order valence-corrected chi connectivity index (χ4v) is 3.94. The maximum absolute atomic E-state index is 5.45. The molecule has 1 aliphatic heterocycles. The van der Waals surface area contributed by atoms with Crippen LogP contribution in [0.15, 0.2) is 45.9 Å². The van der Waals surface area contributed by atoms with Gasteiger partial charge in [0.05, 0.1) is 6.54 Å². The number of nitrogens with zero attached hydrogens (tertiary/aromatic N) is 3. The average molecular weight is 472 g/mol. The molecule has 136 valence electrons. The Bertz CT molecular complexity index is 702. The molecular formula is C18H25IN4OS. The Morgan fingerprint density at radius 2 is 2.12 bits per heavy atom. The van der Waals surface area contributed by atoms with Gasteiger partial charge in [0.2, 0.25) is 0 Å². The van der Waals surface area contributed by atoms with E-state index in [-0.39, 0.29) is 28.7 Å². The van der Waals surface area contributed by atoms with E-state index < -0.39 is 0 Å². The number of hydrogen-bond donors (Lipinski definition) is 1. The van der Waals surface area contributed by atoms with Gasteiger partial charge in [0.25, 0.3) is 0 Å². The standard InChI is InChI=1S/C18H24N4OS.HI/c1-18(2)13-22(9-10-24-18)17(19-3)20-12-15-11-16(23-21-15)14-7-5-4-6-8-14;/h4-8,11H,9-10,12-13H2,1-3H3,(H,19,20);1H. The molecule has 1 N–H and O–H groups in total. The molecule has 1 aromatic carbocycles. The van der Waals surface area contributed by atoms with Crippen LogP contribution in [-0.2, 0) is 6.54 Å². The van der Waals surface area contributed by atoms with Gasteiger partial charge in [-0.1, -0.05) is 35.5 Å². The van der Waals surface area contributed by atoms with Gasteiger partial charge in [0.1, 0.15) is 5.69 Å². The summed E-state index contributed by atoms with van der Waals surface area (Å²) in [5.41, 5.74) is 1.91. The molecule has 0 radical (unpaired) electrons. The lowest BCUT2D eigenvalue weighted by Gasteiger charge is -2.39. The third-order valence-electron chi connectivity index (χ3n) is 3.98. The van der Waals surface area contributed by atoms with Crippen LogP contribution in [0.2, 0.25) is 0 Å². The van der Waals surface area contributed by atoms with Crippen molar-refractivity contribution in [2.45, 2.75) is 25.1 Å². The largest absolute Gasteiger partial charge is 0.356 e. The van der Waals surface area contributed by atoms with Crippen LogP contribution in [0.5, 0.6) is 0 Å². The molecule has 0 amide bonds. The van der Waals surface area contributed by atoms with Gasteiger partial charge in [0, 0.05) is 42.3 Å². The molecule has 1 fully saturated rings. The number of thioether (sulfide) groups is 1. The Hall–Kier alpha value is -1.22. The highest BCUT2D eigenvalue weighted by atomic mass is 127. The van der Waals surface area contributed by atoms with E-state index in [1.54, 1.807) is 0 Å². The van der Waals surface area contributed by atoms with Gasteiger partial charge in [0.15, 0.2) is 11.7 Å². The number of halogens is 1. The molecule has 0 spiro atoms. The number of aromatic nitrogens is 1. The Balaban J connectivity index is 0.00000225. The van der Waals surface area contributed by atoms with Gasteiger partial charge in [-0.15, -0.1) is 24.0 Å². The van der Waals surface area contributed by atoms with Crippen LogP contribution in [0, 0.1) is 0 Å². The van der Waals surface area contributed by atoms with Gasteiger partial charge < -0.3 is 14.7 Å². The molecular weight excluding hydrogens is 447 g/mol. The van der Waals surface area contributed by atoms with E-state index in [4.69, 9.17) is 4.52 Å². The van der Waals surface area contributed by atoms with Crippen LogP contribution in [-0.4, -0.2) is 46.7 Å². The van der Waals surface area contributed by atoms with E-state index in [1.165, 1.54) is 0 Å². The van der Waals surface area contributed by atoms with Crippen LogP contribution in [0.1, 0.15) is 19.5 Å². The second-order valence-corrected chi connectivity index (χ2v) is 8.28. The number of hydrogen-bond acceptors (Lipinski definition) is 4. The van der Waals surface area contributed by atoms with Crippen LogP contribution in [0.3, 0.4) is 0 Å². The van der Waals surface area contributed by atoms with E-state index in [0.29, 0.717) is 6.54 Å². The predicted octanol–water partition coefficient (Wildman–Crippen LogP) is 3.86. The van der Waals surface area contributed by atoms with Crippen molar-refractivity contribution in [3.05, 3.63) is 42.1 Å². The van der Waals surface area contributed by atoms with Gasteiger partial charge in [-0.2, -0.15) is 11.8 Å². The minimum absolute atomic E-state index is 0. The maximum atomic E-state index is 5.45. The summed E-state index contributed by atoms with van der Waals surface area (Å²) in [7, 11) is 1.83. The number of aliphatic imine (C=N–C) groups is 1. The quantitative estimate of drug-likeness (QED) is 0.418. The highest BCUT2D eigenvalue weighted by Crippen LogP contribution is 2.29. The van der Waals surface area contributed by atoms with Gasteiger partial charge >= 0.3 is 0 Å². The number of nitrogens with one attached hydrogen (secondary N) is 1. The average Bonchev–Trinajstić information content (AvgIpc) is 3.04. The van der Waals surface area contributed by atoms with Crippen LogP contribution in [0.25, 0.3) is 11.3 Å². The van der Waals surface area contributed by atoms with Crippen molar-refractivity contribution < 1.29 is 4.52 Å². The molecule has 1 aromatic heterocycles. The molecule has 3 rings (SSSR count). The number of rotatable bonds is 3. The van der Waals surface area contributed by atoms with Gasteiger partial charge in [-0.3, -0.25) is 4.99 Å². The van der Waals surface area contributed by atoms with Crippen molar-refractivity contribution in [3.63, 3.8) is 0 Å². The summed E-state index contributed by atoms with van der Waals surface area (Å²) in [6, 6.07) is 12.0. The summed E-state index contributed by atoms with van der Waals surface area (Å²) < 4.78 is 5.70. The number of benzene rings is 1. The molecule has 0 atom stereocenters. The van der Waals surface area contributed by atoms with E-state index in [9.17, 15) is 0 Å². The van der Waals surface area contributed by atoms with Crippen molar-refractivity contribution in [1.29, 1.82) is 0 Å². The predicted molar refractivity (Wildman–Crippen MR) is 116 cm³/mol. The third kappa shape index (κ3) is 5.37. The fourth-order valence-electron chi connectivity index (χ4n) is 2.83. The van der Waals surface area contributed by atoms with Crippen molar-refractivity contribution in [2.75, 3.05) is 25.9 Å². The lowest BCUT2D eigenvalue weighted by molar-refractivity contribution is 0.374. The zero-order valence-corrected chi connectivity index (χ0v) is 18.0. The lowest BCUT2D eigenvalue weighted by Crippen LogP contribution is -2.50. The molecule has 2 heterocycles. The molecule has 7 heteroatoms. The zero-order valence-electron chi connectivity index (χ0n) is 14.9. The molecule has 0 saturated carbocycles. The first-order chi connectivity index (χ1) is 11.6. The Morgan fingerprint density at radius 1 is 1.36 bits per heavy atom. The van der Waals surface area contributed by atoms with Crippen molar-refractivity contribution in [2.24, 2.45) is 4.99 Å². The second kappa shape index (κ2) is 8.93. The van der Waals surface area contributed by atoms with E-state index in [0.717, 1.165) is 41.8 Å². The maximum Gasteiger partial charge on any atom is 0.194 e. The fraction of sp³-hybridized carbons (Fsp3) is 0.444. The van der Waals surface area contributed by atoms with E-state index in [1.807, 2.05) is 55.2 Å². The second-order valence-electron chi connectivity index (χ2n) is 6.48. The molecule has 1 saturated heterocycles. The Morgan fingerprint density at radius 3 is 2.80 bits per heavy atom. The monoisotopic (exact) mass is 472 g/mol. The highest BCUT2D eigenvalue weighted by molar-refractivity contribution is 14.0. The first-order valence-corrected chi connectivity index (χ1v) is 9.16. The Kier molecular flexibility index (Phi) is 7.18. The summed E-state index contributed by atoms with van der Waals surface area (Å²) in [4.78, 5) is 6.74. The van der Waals surface area contributed by atoms with Crippen molar-refractivity contribution >= 4 is 41.7 Å². The van der Waals surface area contributed by atoms with E-state index >= 15 is 0 Å². The first-order valence-electron chi connectivity index (χ1n) is 8.18. The molecule has 0 unspecified atom stereocenters. The summed E-state index contributed by atoms with van der Waals surface area (Å²) in [6.07, 6.45) is 0. The summed E-state index contributed by atoms with van der Waals surface area (Å²) in [6.45, 7) is 7.17. The van der Waals surface area contributed by atoms with Crippen LogP contribution < -0.4 is 5.32 Å². The zero-order chi connectivity index (χ0) is 17.0. The molecule has 5 nitrogen and oxygen atoms in total. The SMILES string of the molecule is CN=C(NCc1cc(-c2ccccc2)on1)N1CCSC(C)(C)C1.I. The molecule has 2 aromatic rings. The highest BCUT2D eigenvalue weighted by Gasteiger charge is 2.28. The first kappa shape index (κ1) is 20.1. The van der Waals surface area contributed by atoms with Crippen molar-refractivity contribution in [3.8, 4) is 11.3 Å². The van der Waals surface area contributed by atoms with Crippen LogP contribution >= 0.6 is 35.7 Å². The molecule has 0 bridgehead atoms. The smallest absolute Gasteiger partial charge is 0.194 e. The van der Waals surface area contributed by atoms with Gasteiger partial charge in [-0.05, 0) is 13.8 Å².